The van der Waals surface area contributed by atoms with Crippen molar-refractivity contribution in [1.82, 2.24) is 15.2 Å². The Labute approximate surface area is 167 Å². The summed E-state index contributed by atoms with van der Waals surface area (Å²) in [6.45, 7) is 7.56. The molecule has 0 aromatic carbocycles. The maximum atomic E-state index is 5.97. The number of morpholine rings is 1. The molecule has 1 saturated carbocycles. The number of rotatable bonds is 7. The topological polar surface area (TPSA) is 68.2 Å². The van der Waals surface area contributed by atoms with Crippen LogP contribution in [0.1, 0.15) is 38.2 Å². The predicted octanol–water partition coefficient (Wildman–Crippen LogP) is 2.22. The summed E-state index contributed by atoms with van der Waals surface area (Å²) in [4.78, 5) is 11.5. The minimum Gasteiger partial charge on any atom is -0.477 e. The van der Waals surface area contributed by atoms with Crippen LogP contribution < -0.4 is 10.1 Å². The third-order valence-electron chi connectivity index (χ3n) is 5.48. The molecule has 1 aromatic heterocycles. The molecule has 7 heteroatoms. The molecule has 1 aromatic rings. The second-order valence-electron chi connectivity index (χ2n) is 7.84. The normalized spacial score (nSPS) is 25.8. The molecular weight excluding hydrogens is 356 g/mol. The van der Waals surface area contributed by atoms with Gasteiger partial charge in [0.15, 0.2) is 5.96 Å². The number of aromatic nitrogens is 1. The lowest BCUT2D eigenvalue weighted by atomic mass is 10.1. The first-order valence-corrected chi connectivity index (χ1v) is 10.7. The Morgan fingerprint density at radius 1 is 1.25 bits per heavy atom. The summed E-state index contributed by atoms with van der Waals surface area (Å²) in [6, 6.07) is 4.00. The summed E-state index contributed by atoms with van der Waals surface area (Å²) in [5, 5.41) is 3.42. The van der Waals surface area contributed by atoms with Crippen molar-refractivity contribution in [3.8, 4) is 5.88 Å². The maximum absolute atomic E-state index is 5.97. The number of guanidine groups is 1. The van der Waals surface area contributed by atoms with Gasteiger partial charge in [-0.2, -0.15) is 0 Å². The van der Waals surface area contributed by atoms with E-state index in [0.717, 1.165) is 63.1 Å². The Kier molecular flexibility index (Phi) is 6.65. The fraction of sp³-hybridized carbons (Fsp3) is 0.714. The van der Waals surface area contributed by atoms with Crippen molar-refractivity contribution in [2.75, 3.05) is 39.5 Å². The quantitative estimate of drug-likeness (QED) is 0.571. The van der Waals surface area contributed by atoms with E-state index in [-0.39, 0.29) is 12.2 Å². The highest BCUT2D eigenvalue weighted by molar-refractivity contribution is 5.80. The van der Waals surface area contributed by atoms with Gasteiger partial charge in [-0.25, -0.2) is 9.98 Å². The number of nitrogens with one attached hydrogen (secondary N) is 1. The van der Waals surface area contributed by atoms with Gasteiger partial charge in [0.25, 0.3) is 0 Å². The van der Waals surface area contributed by atoms with E-state index in [4.69, 9.17) is 19.2 Å². The van der Waals surface area contributed by atoms with E-state index in [2.05, 4.69) is 28.2 Å². The van der Waals surface area contributed by atoms with Crippen LogP contribution in [0.3, 0.4) is 0 Å². The summed E-state index contributed by atoms with van der Waals surface area (Å²) in [5.41, 5.74) is 1.08. The lowest BCUT2D eigenvalue weighted by molar-refractivity contribution is -0.0817. The average Bonchev–Trinajstić information content (AvgIpc) is 3.41. The van der Waals surface area contributed by atoms with Crippen molar-refractivity contribution >= 4 is 5.96 Å². The van der Waals surface area contributed by atoms with Gasteiger partial charge in [-0.3, -0.25) is 0 Å². The van der Waals surface area contributed by atoms with Crippen LogP contribution in [0.5, 0.6) is 5.88 Å². The zero-order chi connectivity index (χ0) is 19.2. The molecule has 2 aliphatic heterocycles. The maximum Gasteiger partial charge on any atom is 0.213 e. The van der Waals surface area contributed by atoms with Crippen LogP contribution in [0.15, 0.2) is 23.3 Å². The molecule has 0 radical (unpaired) electrons. The van der Waals surface area contributed by atoms with Crippen molar-refractivity contribution in [1.29, 1.82) is 0 Å². The minimum absolute atomic E-state index is 0.129. The van der Waals surface area contributed by atoms with Crippen LogP contribution in [-0.4, -0.2) is 67.5 Å². The fourth-order valence-corrected chi connectivity index (χ4v) is 3.66. The van der Waals surface area contributed by atoms with E-state index >= 15 is 0 Å². The summed E-state index contributed by atoms with van der Waals surface area (Å²) in [7, 11) is 0. The minimum atomic E-state index is 0.129. The van der Waals surface area contributed by atoms with Crippen LogP contribution in [0.25, 0.3) is 0 Å². The molecule has 2 atom stereocenters. The average molecular weight is 389 g/mol. The summed E-state index contributed by atoms with van der Waals surface area (Å²) >= 11 is 0. The van der Waals surface area contributed by atoms with Crippen molar-refractivity contribution in [2.45, 2.75) is 51.4 Å². The Bertz CT molecular complexity index is 642. The summed E-state index contributed by atoms with van der Waals surface area (Å²) in [6.07, 6.45) is 7.01. The summed E-state index contributed by atoms with van der Waals surface area (Å²) in [5.74, 6) is 2.38. The van der Waals surface area contributed by atoms with E-state index in [1.807, 2.05) is 12.3 Å². The molecule has 1 aliphatic carbocycles. The molecular formula is C21H32N4O3. The molecule has 0 spiro atoms. The molecule has 3 fully saturated rings. The molecule has 1 N–H and O–H groups in total. The number of hydrogen-bond donors (Lipinski definition) is 1. The molecule has 7 nitrogen and oxygen atoms in total. The van der Waals surface area contributed by atoms with E-state index in [9.17, 15) is 0 Å². The van der Waals surface area contributed by atoms with E-state index in [0.29, 0.717) is 19.0 Å². The van der Waals surface area contributed by atoms with Gasteiger partial charge in [-0.1, -0.05) is 6.07 Å². The molecule has 2 unspecified atom stereocenters. The lowest BCUT2D eigenvalue weighted by Gasteiger charge is -2.37. The van der Waals surface area contributed by atoms with Crippen molar-refractivity contribution in [2.24, 2.45) is 10.9 Å². The Hall–Kier alpha value is -1.86. The van der Waals surface area contributed by atoms with Gasteiger partial charge in [-0.15, -0.1) is 0 Å². The van der Waals surface area contributed by atoms with Crippen LogP contribution in [0, 0.1) is 5.92 Å². The van der Waals surface area contributed by atoms with Crippen LogP contribution in [0.2, 0.25) is 0 Å². The first-order chi connectivity index (χ1) is 13.8. The van der Waals surface area contributed by atoms with Crippen LogP contribution >= 0.6 is 0 Å². The zero-order valence-corrected chi connectivity index (χ0v) is 16.8. The van der Waals surface area contributed by atoms with E-state index < -0.39 is 0 Å². The molecule has 0 amide bonds. The van der Waals surface area contributed by atoms with Gasteiger partial charge in [0.05, 0.1) is 25.9 Å². The SMILES string of the molecule is CCNC(=NCc1ccc(OCC2CC2)nc1)N1CCOC(C2CCCO2)C1. The zero-order valence-electron chi connectivity index (χ0n) is 16.8. The molecule has 3 aliphatic rings. The molecule has 3 heterocycles. The van der Waals surface area contributed by atoms with E-state index in [1.54, 1.807) is 0 Å². The molecule has 2 saturated heterocycles. The second kappa shape index (κ2) is 9.56. The third-order valence-corrected chi connectivity index (χ3v) is 5.48. The number of pyridine rings is 1. The highest BCUT2D eigenvalue weighted by Crippen LogP contribution is 2.29. The molecule has 28 heavy (non-hydrogen) atoms. The summed E-state index contributed by atoms with van der Waals surface area (Å²) < 4.78 is 17.5. The lowest BCUT2D eigenvalue weighted by Crippen LogP contribution is -2.53. The van der Waals surface area contributed by atoms with Gasteiger partial charge in [0, 0.05) is 38.5 Å². The monoisotopic (exact) mass is 388 g/mol. The highest BCUT2D eigenvalue weighted by atomic mass is 16.5. The second-order valence-corrected chi connectivity index (χ2v) is 7.84. The van der Waals surface area contributed by atoms with Crippen molar-refractivity contribution in [3.63, 3.8) is 0 Å². The number of aliphatic imine (C=N–C) groups is 1. The number of nitrogens with zero attached hydrogens (tertiary/aromatic N) is 3. The van der Waals surface area contributed by atoms with Gasteiger partial charge < -0.3 is 24.4 Å². The molecule has 0 bridgehead atoms. The Morgan fingerprint density at radius 3 is 2.86 bits per heavy atom. The first kappa shape index (κ1) is 19.5. The van der Waals surface area contributed by atoms with Crippen LogP contribution in [0.4, 0.5) is 0 Å². The largest absolute Gasteiger partial charge is 0.477 e. The number of hydrogen-bond acceptors (Lipinski definition) is 5. The van der Waals surface area contributed by atoms with Gasteiger partial charge in [-0.05, 0) is 44.1 Å². The Morgan fingerprint density at radius 2 is 2.14 bits per heavy atom. The third kappa shape index (κ3) is 5.35. The molecule has 154 valence electrons. The van der Waals surface area contributed by atoms with E-state index in [1.165, 1.54) is 12.8 Å². The van der Waals surface area contributed by atoms with Crippen molar-refractivity contribution < 1.29 is 14.2 Å². The predicted molar refractivity (Wildman–Crippen MR) is 108 cm³/mol. The number of ether oxygens (including phenoxy) is 3. The van der Waals surface area contributed by atoms with Gasteiger partial charge in [0.1, 0.15) is 6.10 Å². The first-order valence-electron chi connectivity index (χ1n) is 10.7. The van der Waals surface area contributed by atoms with Crippen LogP contribution in [-0.2, 0) is 16.0 Å². The van der Waals surface area contributed by atoms with Crippen molar-refractivity contribution in [3.05, 3.63) is 23.9 Å². The fourth-order valence-electron chi connectivity index (χ4n) is 3.66. The van der Waals surface area contributed by atoms with Gasteiger partial charge in [0.2, 0.25) is 5.88 Å². The van der Waals surface area contributed by atoms with Gasteiger partial charge >= 0.3 is 0 Å². The molecule has 4 rings (SSSR count). The Balaban J connectivity index is 1.34. The standard InChI is InChI=1S/C21H32N4O3/c1-2-22-21(25-9-11-27-19(14-25)18-4-3-10-26-18)24-13-17-7-8-20(23-12-17)28-15-16-5-6-16/h7-8,12,16,18-19H,2-6,9-11,13-15H2,1H3,(H,22,24). The smallest absolute Gasteiger partial charge is 0.213 e. The highest BCUT2D eigenvalue weighted by Gasteiger charge is 2.32.